The van der Waals surface area contributed by atoms with Gasteiger partial charge in [0.1, 0.15) is 12.3 Å². The Morgan fingerprint density at radius 2 is 1.82 bits per heavy atom. The topological polar surface area (TPSA) is 63.6 Å². The minimum atomic E-state index is -0.0646. The van der Waals surface area contributed by atoms with Gasteiger partial charge in [0.2, 0.25) is 5.91 Å². The molecule has 0 saturated carbocycles. The highest BCUT2D eigenvalue weighted by Gasteiger charge is 2.29. The van der Waals surface area contributed by atoms with Gasteiger partial charge in [-0.25, -0.2) is 0 Å². The summed E-state index contributed by atoms with van der Waals surface area (Å²) in [5.41, 5.74) is 3.91. The van der Waals surface area contributed by atoms with Gasteiger partial charge < -0.3 is 19.5 Å². The number of rotatable bonds is 8. The van der Waals surface area contributed by atoms with Crippen LogP contribution in [0.25, 0.3) is 10.9 Å². The number of hydrogen-bond donors (Lipinski definition) is 1. The van der Waals surface area contributed by atoms with Crippen molar-refractivity contribution in [1.82, 2.24) is 14.8 Å². The second-order valence-electron chi connectivity index (χ2n) is 8.62. The van der Waals surface area contributed by atoms with E-state index in [0.29, 0.717) is 19.6 Å². The van der Waals surface area contributed by atoms with Crippen LogP contribution in [-0.2, 0) is 17.9 Å². The average molecular weight is 454 g/mol. The monoisotopic (exact) mass is 453 g/mol. The van der Waals surface area contributed by atoms with Gasteiger partial charge >= 0.3 is 0 Å². The van der Waals surface area contributed by atoms with Crippen LogP contribution >= 0.6 is 0 Å². The first-order valence-electron chi connectivity index (χ1n) is 11.4. The summed E-state index contributed by atoms with van der Waals surface area (Å²) in [7, 11) is 1.64. The van der Waals surface area contributed by atoms with E-state index in [1.54, 1.807) is 7.11 Å². The maximum atomic E-state index is 12.9. The molecule has 34 heavy (non-hydrogen) atoms. The van der Waals surface area contributed by atoms with E-state index in [0.717, 1.165) is 33.3 Å². The molecule has 0 fully saturated rings. The predicted octanol–water partition coefficient (Wildman–Crippen LogP) is 4.21. The standard InChI is InChI=1S/C28H27N3O3/c1-34-24-11-12-26-21(15-24)13-14-30(26)19-27(32)29-16-23(20-7-3-2-4-8-20)18-31-17-22-9-5-6-10-25(22)28(31)33/h2-15,23H,16-19H2,1H3,(H,29,32). The zero-order valence-corrected chi connectivity index (χ0v) is 19.1. The van der Waals surface area contributed by atoms with Crippen LogP contribution in [0.1, 0.15) is 27.4 Å². The number of nitrogens with zero attached hydrogens (tertiary/aromatic N) is 2. The Bertz CT molecular complexity index is 1330. The van der Waals surface area contributed by atoms with Crippen molar-refractivity contribution in [2.24, 2.45) is 0 Å². The number of ether oxygens (including phenoxy) is 1. The molecule has 0 bridgehead atoms. The number of fused-ring (bicyclic) bond motifs is 2. The van der Waals surface area contributed by atoms with E-state index >= 15 is 0 Å². The van der Waals surface area contributed by atoms with Crippen LogP contribution in [0.4, 0.5) is 0 Å². The number of carbonyl (C=O) groups excluding carboxylic acids is 2. The van der Waals surface area contributed by atoms with Gasteiger partial charge in [-0.3, -0.25) is 9.59 Å². The maximum Gasteiger partial charge on any atom is 0.254 e. The largest absolute Gasteiger partial charge is 0.497 e. The summed E-state index contributed by atoms with van der Waals surface area (Å²) in [6.45, 7) is 1.83. The molecule has 3 aromatic carbocycles. The van der Waals surface area contributed by atoms with Gasteiger partial charge in [0, 0.05) is 48.2 Å². The second-order valence-corrected chi connectivity index (χ2v) is 8.62. The summed E-state index contributed by atoms with van der Waals surface area (Å²) < 4.78 is 7.22. The third-order valence-corrected chi connectivity index (χ3v) is 6.45. The molecule has 1 aliphatic heterocycles. The van der Waals surface area contributed by atoms with E-state index in [1.165, 1.54) is 0 Å². The van der Waals surface area contributed by atoms with Crippen molar-refractivity contribution in [3.63, 3.8) is 0 Å². The minimum absolute atomic E-state index is 0.00548. The molecule has 5 rings (SSSR count). The second kappa shape index (κ2) is 9.43. The minimum Gasteiger partial charge on any atom is -0.497 e. The molecule has 1 N–H and O–H groups in total. The Balaban J connectivity index is 1.27. The molecule has 2 heterocycles. The van der Waals surface area contributed by atoms with Crippen LogP contribution in [0.15, 0.2) is 85.1 Å². The molecule has 6 nitrogen and oxygen atoms in total. The van der Waals surface area contributed by atoms with Crippen LogP contribution in [0.3, 0.4) is 0 Å². The summed E-state index contributed by atoms with van der Waals surface area (Å²) in [4.78, 5) is 27.6. The Hall–Kier alpha value is -4.06. The number of benzene rings is 3. The molecule has 1 atom stereocenters. The average Bonchev–Trinajstić information content (AvgIpc) is 3.42. The lowest BCUT2D eigenvalue weighted by Gasteiger charge is -2.24. The van der Waals surface area contributed by atoms with Gasteiger partial charge in [-0.2, -0.15) is 0 Å². The quantitative estimate of drug-likeness (QED) is 0.435. The van der Waals surface area contributed by atoms with Gasteiger partial charge in [-0.15, -0.1) is 0 Å². The molecule has 172 valence electrons. The summed E-state index contributed by atoms with van der Waals surface area (Å²) in [5, 5.41) is 4.12. The number of aromatic nitrogens is 1. The van der Waals surface area contributed by atoms with Crippen LogP contribution in [-0.4, -0.2) is 41.5 Å². The first-order chi connectivity index (χ1) is 16.6. The van der Waals surface area contributed by atoms with E-state index in [4.69, 9.17) is 4.74 Å². The fraction of sp³-hybridized carbons (Fsp3) is 0.214. The van der Waals surface area contributed by atoms with E-state index in [-0.39, 0.29) is 24.3 Å². The summed E-state index contributed by atoms with van der Waals surface area (Å²) >= 11 is 0. The Kier molecular flexibility index (Phi) is 6.04. The van der Waals surface area contributed by atoms with Crippen molar-refractivity contribution in [3.8, 4) is 5.75 Å². The molecule has 1 aromatic heterocycles. The highest BCUT2D eigenvalue weighted by Crippen LogP contribution is 2.26. The number of methoxy groups -OCH3 is 1. The van der Waals surface area contributed by atoms with Gasteiger partial charge in [-0.05, 0) is 41.5 Å². The van der Waals surface area contributed by atoms with Crippen molar-refractivity contribution in [3.05, 3.63) is 102 Å². The van der Waals surface area contributed by atoms with Crippen LogP contribution in [0, 0.1) is 0 Å². The highest BCUT2D eigenvalue weighted by atomic mass is 16.5. The van der Waals surface area contributed by atoms with Gasteiger partial charge in [0.25, 0.3) is 5.91 Å². The van der Waals surface area contributed by atoms with Crippen molar-refractivity contribution >= 4 is 22.7 Å². The first kappa shape index (κ1) is 21.8. The normalized spacial score (nSPS) is 13.7. The molecule has 2 amide bonds. The van der Waals surface area contributed by atoms with E-state index < -0.39 is 0 Å². The molecule has 4 aromatic rings. The molecule has 0 aliphatic carbocycles. The lowest BCUT2D eigenvalue weighted by molar-refractivity contribution is -0.121. The third-order valence-electron chi connectivity index (χ3n) is 6.45. The Labute approximate surface area is 198 Å². The Morgan fingerprint density at radius 1 is 1.03 bits per heavy atom. The predicted molar refractivity (Wildman–Crippen MR) is 132 cm³/mol. The molecule has 0 spiro atoms. The van der Waals surface area contributed by atoms with Crippen molar-refractivity contribution in [2.45, 2.75) is 19.0 Å². The summed E-state index contributed by atoms with van der Waals surface area (Å²) in [6.07, 6.45) is 1.92. The lowest BCUT2D eigenvalue weighted by Crippen LogP contribution is -2.37. The van der Waals surface area contributed by atoms with E-state index in [2.05, 4.69) is 17.4 Å². The van der Waals surface area contributed by atoms with Crippen LogP contribution < -0.4 is 10.1 Å². The number of carbonyl (C=O) groups is 2. The van der Waals surface area contributed by atoms with Gasteiger partial charge in [0.15, 0.2) is 0 Å². The molecule has 1 unspecified atom stereocenters. The maximum absolute atomic E-state index is 12.9. The molecule has 1 aliphatic rings. The Morgan fingerprint density at radius 3 is 2.62 bits per heavy atom. The third kappa shape index (κ3) is 4.39. The molecular weight excluding hydrogens is 426 g/mol. The molecular formula is C28H27N3O3. The number of hydrogen-bond acceptors (Lipinski definition) is 3. The molecule has 6 heteroatoms. The fourth-order valence-electron chi connectivity index (χ4n) is 4.63. The van der Waals surface area contributed by atoms with Crippen molar-refractivity contribution < 1.29 is 14.3 Å². The first-order valence-corrected chi connectivity index (χ1v) is 11.4. The summed E-state index contributed by atoms with van der Waals surface area (Å²) in [6, 6.07) is 25.6. The van der Waals surface area contributed by atoms with E-state index in [1.807, 2.05) is 82.4 Å². The van der Waals surface area contributed by atoms with Crippen molar-refractivity contribution in [1.29, 1.82) is 0 Å². The van der Waals surface area contributed by atoms with Gasteiger partial charge in [0.05, 0.1) is 7.11 Å². The fourth-order valence-corrected chi connectivity index (χ4v) is 4.63. The molecule has 0 radical (unpaired) electrons. The number of amides is 2. The summed E-state index contributed by atoms with van der Waals surface area (Å²) in [5.74, 6) is 0.774. The van der Waals surface area contributed by atoms with Crippen molar-refractivity contribution in [2.75, 3.05) is 20.2 Å². The zero-order chi connectivity index (χ0) is 23.5. The lowest BCUT2D eigenvalue weighted by atomic mass is 9.98. The van der Waals surface area contributed by atoms with Gasteiger partial charge in [-0.1, -0.05) is 48.5 Å². The zero-order valence-electron chi connectivity index (χ0n) is 19.1. The van der Waals surface area contributed by atoms with Crippen LogP contribution in [0.2, 0.25) is 0 Å². The van der Waals surface area contributed by atoms with E-state index in [9.17, 15) is 9.59 Å². The molecule has 0 saturated heterocycles. The number of nitrogens with one attached hydrogen (secondary N) is 1. The smallest absolute Gasteiger partial charge is 0.254 e. The van der Waals surface area contributed by atoms with Crippen LogP contribution in [0.5, 0.6) is 5.75 Å². The SMILES string of the molecule is COc1ccc2c(ccn2CC(=O)NCC(CN2Cc3ccccc3C2=O)c2ccccc2)c1. The highest BCUT2D eigenvalue weighted by molar-refractivity contribution is 5.98.